The molecular formula is C17H16N4O4S. The smallest absolute Gasteiger partial charge is 0.273 e. The van der Waals surface area contributed by atoms with Gasteiger partial charge in [-0.15, -0.1) is 11.3 Å². The van der Waals surface area contributed by atoms with Crippen molar-refractivity contribution in [2.75, 3.05) is 6.54 Å². The Morgan fingerprint density at radius 2 is 2.15 bits per heavy atom. The molecule has 1 aromatic carbocycles. The minimum absolute atomic E-state index is 0.0884. The van der Waals surface area contributed by atoms with Crippen molar-refractivity contribution in [1.29, 1.82) is 0 Å². The number of hydrogen-bond donors (Lipinski definition) is 1. The first-order chi connectivity index (χ1) is 12.4. The Kier molecular flexibility index (Phi) is 4.81. The highest BCUT2D eigenvalue weighted by Crippen LogP contribution is 2.21. The van der Waals surface area contributed by atoms with Crippen LogP contribution in [0.15, 0.2) is 34.4 Å². The number of nitro groups is 1. The summed E-state index contributed by atoms with van der Waals surface area (Å²) in [4.78, 5) is 39.9. The van der Waals surface area contributed by atoms with E-state index < -0.39 is 4.92 Å². The third kappa shape index (κ3) is 3.33. The maximum atomic E-state index is 12.3. The van der Waals surface area contributed by atoms with Crippen molar-refractivity contribution in [2.24, 2.45) is 0 Å². The molecule has 0 aliphatic carbocycles. The second kappa shape index (κ2) is 7.04. The van der Waals surface area contributed by atoms with Crippen LogP contribution in [-0.4, -0.2) is 26.8 Å². The van der Waals surface area contributed by atoms with Gasteiger partial charge in [-0.1, -0.05) is 6.07 Å². The molecule has 0 bridgehead atoms. The van der Waals surface area contributed by atoms with Crippen LogP contribution in [0.1, 0.15) is 27.3 Å². The van der Waals surface area contributed by atoms with E-state index in [1.54, 1.807) is 19.9 Å². The van der Waals surface area contributed by atoms with Crippen LogP contribution in [0.5, 0.6) is 0 Å². The largest absolute Gasteiger partial charge is 0.352 e. The summed E-state index contributed by atoms with van der Waals surface area (Å²) in [5.74, 6) is -0.382. The van der Waals surface area contributed by atoms with E-state index in [0.29, 0.717) is 29.2 Å². The molecule has 2 aromatic heterocycles. The zero-order chi connectivity index (χ0) is 18.8. The standard InChI is InChI=1S/C17H16N4O4S/c1-10-8-15(22)20-12(9-26-17(20)19-10)6-7-18-16(23)13-4-3-5-14(11(13)2)21(24)25/h3-5,8-9H,6-7H2,1-2H3,(H,18,23). The van der Waals surface area contributed by atoms with Gasteiger partial charge < -0.3 is 5.32 Å². The number of nitrogens with zero attached hydrogens (tertiary/aromatic N) is 3. The fourth-order valence-electron chi connectivity index (χ4n) is 2.72. The number of carbonyl (C=O) groups is 1. The van der Waals surface area contributed by atoms with E-state index in [9.17, 15) is 19.7 Å². The molecule has 0 radical (unpaired) electrons. The van der Waals surface area contributed by atoms with Gasteiger partial charge in [-0.05, 0) is 19.9 Å². The Morgan fingerprint density at radius 1 is 1.38 bits per heavy atom. The van der Waals surface area contributed by atoms with Crippen LogP contribution < -0.4 is 10.9 Å². The highest BCUT2D eigenvalue weighted by Gasteiger charge is 2.17. The van der Waals surface area contributed by atoms with E-state index in [0.717, 1.165) is 5.69 Å². The van der Waals surface area contributed by atoms with Gasteiger partial charge in [0.05, 0.1) is 4.92 Å². The van der Waals surface area contributed by atoms with Crippen LogP contribution in [-0.2, 0) is 6.42 Å². The first-order valence-corrected chi connectivity index (χ1v) is 8.75. The summed E-state index contributed by atoms with van der Waals surface area (Å²) in [7, 11) is 0. The SMILES string of the molecule is Cc1cc(=O)n2c(CCNC(=O)c3cccc([N+](=O)[O-])c3C)csc2n1. The van der Waals surface area contributed by atoms with Crippen LogP contribution in [0.25, 0.3) is 4.96 Å². The Hall–Kier alpha value is -3.07. The quantitative estimate of drug-likeness (QED) is 0.546. The number of carbonyl (C=O) groups excluding carboxylic acids is 1. The lowest BCUT2D eigenvalue weighted by molar-refractivity contribution is -0.385. The number of benzene rings is 1. The van der Waals surface area contributed by atoms with Crippen molar-refractivity contribution in [2.45, 2.75) is 20.3 Å². The zero-order valence-electron chi connectivity index (χ0n) is 14.2. The van der Waals surface area contributed by atoms with Gasteiger partial charge in [0.1, 0.15) is 0 Å². The molecule has 26 heavy (non-hydrogen) atoms. The topological polar surface area (TPSA) is 107 Å². The van der Waals surface area contributed by atoms with Gasteiger partial charge in [-0.2, -0.15) is 0 Å². The molecule has 0 aliphatic rings. The number of aryl methyl sites for hydroxylation is 1. The Balaban J connectivity index is 1.73. The molecule has 1 N–H and O–H groups in total. The third-order valence-electron chi connectivity index (χ3n) is 4.02. The number of aromatic nitrogens is 2. The average molecular weight is 372 g/mol. The van der Waals surface area contributed by atoms with Crippen molar-refractivity contribution in [3.63, 3.8) is 0 Å². The Morgan fingerprint density at radius 3 is 2.88 bits per heavy atom. The lowest BCUT2D eigenvalue weighted by atomic mass is 10.1. The van der Waals surface area contributed by atoms with E-state index >= 15 is 0 Å². The molecule has 1 amide bonds. The number of nitrogens with one attached hydrogen (secondary N) is 1. The van der Waals surface area contributed by atoms with Gasteiger partial charge in [0.15, 0.2) is 4.96 Å². The average Bonchev–Trinajstić information content (AvgIpc) is 2.97. The van der Waals surface area contributed by atoms with Crippen LogP contribution in [0, 0.1) is 24.0 Å². The van der Waals surface area contributed by atoms with Gasteiger partial charge in [-0.25, -0.2) is 4.98 Å². The molecule has 0 unspecified atom stereocenters. The molecule has 0 fully saturated rings. The molecule has 9 heteroatoms. The Labute approximate surface area is 152 Å². The van der Waals surface area contributed by atoms with E-state index in [4.69, 9.17) is 0 Å². The number of amides is 1. The molecule has 0 saturated carbocycles. The summed E-state index contributed by atoms with van der Waals surface area (Å²) >= 11 is 1.37. The second-order valence-electron chi connectivity index (χ2n) is 5.79. The normalized spacial score (nSPS) is 10.8. The summed E-state index contributed by atoms with van der Waals surface area (Å²) < 4.78 is 1.53. The zero-order valence-corrected chi connectivity index (χ0v) is 15.0. The highest BCUT2D eigenvalue weighted by atomic mass is 32.1. The number of hydrogen-bond acceptors (Lipinski definition) is 6. The van der Waals surface area contributed by atoms with E-state index in [1.165, 1.54) is 33.9 Å². The summed E-state index contributed by atoms with van der Waals surface area (Å²) in [6.45, 7) is 3.61. The fraction of sp³-hybridized carbons (Fsp3) is 0.235. The summed E-state index contributed by atoms with van der Waals surface area (Å²) in [6, 6.07) is 5.87. The monoisotopic (exact) mass is 372 g/mol. The third-order valence-corrected chi connectivity index (χ3v) is 4.89. The summed E-state index contributed by atoms with van der Waals surface area (Å²) in [5, 5.41) is 15.6. The summed E-state index contributed by atoms with van der Waals surface area (Å²) in [6.07, 6.45) is 0.449. The molecule has 8 nitrogen and oxygen atoms in total. The maximum absolute atomic E-state index is 12.3. The second-order valence-corrected chi connectivity index (χ2v) is 6.63. The van der Waals surface area contributed by atoms with Crippen LogP contribution >= 0.6 is 11.3 Å². The number of fused-ring (bicyclic) bond motifs is 1. The molecular weight excluding hydrogens is 356 g/mol. The van der Waals surface area contributed by atoms with E-state index in [-0.39, 0.29) is 22.7 Å². The van der Waals surface area contributed by atoms with Crippen molar-refractivity contribution >= 4 is 27.9 Å². The van der Waals surface area contributed by atoms with Gasteiger partial charge in [0.2, 0.25) is 0 Å². The van der Waals surface area contributed by atoms with Gasteiger partial charge in [-0.3, -0.25) is 24.1 Å². The molecule has 0 atom stereocenters. The van der Waals surface area contributed by atoms with E-state index in [1.807, 2.05) is 5.38 Å². The van der Waals surface area contributed by atoms with Crippen LogP contribution in [0.2, 0.25) is 0 Å². The number of thiazole rings is 1. The number of nitro benzene ring substituents is 1. The lowest BCUT2D eigenvalue weighted by Gasteiger charge is -2.08. The first-order valence-electron chi connectivity index (χ1n) is 7.87. The Bertz CT molecular complexity index is 1070. The first kappa shape index (κ1) is 17.7. The lowest BCUT2D eigenvalue weighted by Crippen LogP contribution is -2.27. The van der Waals surface area contributed by atoms with E-state index in [2.05, 4.69) is 10.3 Å². The van der Waals surface area contributed by atoms with Crippen LogP contribution in [0.3, 0.4) is 0 Å². The van der Waals surface area contributed by atoms with Crippen LogP contribution in [0.4, 0.5) is 5.69 Å². The van der Waals surface area contributed by atoms with Crippen molar-refractivity contribution in [1.82, 2.24) is 14.7 Å². The van der Waals surface area contributed by atoms with Crippen molar-refractivity contribution in [3.05, 3.63) is 72.6 Å². The highest BCUT2D eigenvalue weighted by molar-refractivity contribution is 7.15. The molecule has 134 valence electrons. The predicted molar refractivity (Wildman–Crippen MR) is 97.9 cm³/mol. The molecule has 3 rings (SSSR count). The fourth-order valence-corrected chi connectivity index (χ4v) is 3.70. The van der Waals surface area contributed by atoms with Gasteiger partial charge >= 0.3 is 0 Å². The maximum Gasteiger partial charge on any atom is 0.273 e. The molecule has 0 aliphatic heterocycles. The van der Waals surface area contributed by atoms with Crippen molar-refractivity contribution < 1.29 is 9.72 Å². The van der Waals surface area contributed by atoms with Gasteiger partial charge in [0, 0.05) is 53.0 Å². The van der Waals surface area contributed by atoms with Crippen molar-refractivity contribution in [3.8, 4) is 0 Å². The summed E-state index contributed by atoms with van der Waals surface area (Å²) in [5.41, 5.74) is 1.78. The molecule has 0 spiro atoms. The molecule has 2 heterocycles. The molecule has 3 aromatic rings. The minimum atomic E-state index is -0.509. The number of rotatable bonds is 5. The minimum Gasteiger partial charge on any atom is -0.352 e. The predicted octanol–water partition coefficient (Wildman–Crippen LogP) is 2.25. The molecule has 0 saturated heterocycles. The van der Waals surface area contributed by atoms with Gasteiger partial charge in [0.25, 0.3) is 17.2 Å².